The van der Waals surface area contributed by atoms with E-state index in [1.165, 1.54) is 0 Å². The smallest absolute Gasteiger partial charge is 0.183 e. The first-order valence-corrected chi connectivity index (χ1v) is 4.94. The van der Waals surface area contributed by atoms with E-state index in [-0.39, 0.29) is 6.29 Å². The number of hydrogen-bond acceptors (Lipinski definition) is 4. The van der Waals surface area contributed by atoms with Crippen molar-refractivity contribution in [3.63, 3.8) is 0 Å². The Morgan fingerprint density at radius 3 is 2.60 bits per heavy atom. The summed E-state index contributed by atoms with van der Waals surface area (Å²) in [6.45, 7) is 2.86. The van der Waals surface area contributed by atoms with Crippen LogP contribution in [0.2, 0.25) is 0 Å². The first kappa shape index (κ1) is 12.0. The SMILES string of the molecule is CCOC(CONc1ccccc1)OC. The van der Waals surface area contributed by atoms with Crippen molar-refractivity contribution in [1.29, 1.82) is 0 Å². The van der Waals surface area contributed by atoms with Gasteiger partial charge in [0.25, 0.3) is 0 Å². The molecule has 0 aliphatic heterocycles. The van der Waals surface area contributed by atoms with Gasteiger partial charge >= 0.3 is 0 Å². The minimum Gasteiger partial charge on any atom is -0.353 e. The summed E-state index contributed by atoms with van der Waals surface area (Å²) in [5.74, 6) is 0. The lowest BCUT2D eigenvalue weighted by Crippen LogP contribution is -2.23. The Hall–Kier alpha value is -1.10. The van der Waals surface area contributed by atoms with Gasteiger partial charge in [0.2, 0.25) is 0 Å². The molecule has 84 valence electrons. The molecule has 0 saturated carbocycles. The summed E-state index contributed by atoms with van der Waals surface area (Å²) < 4.78 is 10.3. The van der Waals surface area contributed by atoms with E-state index >= 15 is 0 Å². The molecule has 1 N–H and O–H groups in total. The standard InChI is InChI=1S/C11H17NO3/c1-3-14-11(13-2)9-15-12-10-7-5-4-6-8-10/h4-8,11-12H,3,9H2,1-2H3. The molecule has 4 heteroatoms. The van der Waals surface area contributed by atoms with Gasteiger partial charge in [0.1, 0.15) is 6.61 Å². The molecule has 0 fully saturated rings. The Bertz CT molecular complexity index is 253. The van der Waals surface area contributed by atoms with Gasteiger partial charge in [0.15, 0.2) is 6.29 Å². The zero-order chi connectivity index (χ0) is 10.9. The van der Waals surface area contributed by atoms with Gasteiger partial charge in [-0.3, -0.25) is 10.3 Å². The topological polar surface area (TPSA) is 39.7 Å². The van der Waals surface area contributed by atoms with Gasteiger partial charge in [0, 0.05) is 13.7 Å². The van der Waals surface area contributed by atoms with Crippen molar-refractivity contribution in [2.24, 2.45) is 0 Å². The van der Waals surface area contributed by atoms with E-state index in [9.17, 15) is 0 Å². The predicted molar refractivity (Wildman–Crippen MR) is 58.4 cm³/mol. The van der Waals surface area contributed by atoms with E-state index in [2.05, 4.69) is 5.48 Å². The highest BCUT2D eigenvalue weighted by Gasteiger charge is 2.05. The van der Waals surface area contributed by atoms with Crippen molar-refractivity contribution in [3.8, 4) is 0 Å². The number of anilines is 1. The van der Waals surface area contributed by atoms with Crippen LogP contribution in [0.4, 0.5) is 5.69 Å². The molecule has 0 amide bonds. The van der Waals surface area contributed by atoms with Crippen molar-refractivity contribution in [2.45, 2.75) is 13.2 Å². The zero-order valence-corrected chi connectivity index (χ0v) is 9.10. The van der Waals surface area contributed by atoms with Crippen molar-refractivity contribution in [1.82, 2.24) is 0 Å². The average Bonchev–Trinajstić information content (AvgIpc) is 2.29. The first-order chi connectivity index (χ1) is 7.36. The first-order valence-electron chi connectivity index (χ1n) is 4.94. The predicted octanol–water partition coefficient (Wildman–Crippen LogP) is 2.04. The number of benzene rings is 1. The fraction of sp³-hybridized carbons (Fsp3) is 0.455. The molecule has 0 heterocycles. The van der Waals surface area contributed by atoms with E-state index in [0.717, 1.165) is 5.69 Å². The summed E-state index contributed by atoms with van der Waals surface area (Å²) >= 11 is 0. The summed E-state index contributed by atoms with van der Waals surface area (Å²) in [4.78, 5) is 5.23. The molecule has 0 spiro atoms. The van der Waals surface area contributed by atoms with Crippen molar-refractivity contribution in [3.05, 3.63) is 30.3 Å². The Kier molecular flexibility index (Phi) is 5.77. The van der Waals surface area contributed by atoms with Gasteiger partial charge in [-0.15, -0.1) is 0 Å². The highest BCUT2D eigenvalue weighted by atomic mass is 16.7. The van der Waals surface area contributed by atoms with E-state index in [1.807, 2.05) is 37.3 Å². The Morgan fingerprint density at radius 1 is 1.27 bits per heavy atom. The molecule has 0 bridgehead atoms. The minimum atomic E-state index is -0.328. The highest BCUT2D eigenvalue weighted by molar-refractivity contribution is 5.39. The Morgan fingerprint density at radius 2 is 2.00 bits per heavy atom. The molecule has 4 nitrogen and oxygen atoms in total. The van der Waals surface area contributed by atoms with E-state index in [4.69, 9.17) is 14.3 Å². The van der Waals surface area contributed by atoms with Crippen molar-refractivity contribution < 1.29 is 14.3 Å². The van der Waals surface area contributed by atoms with Crippen LogP contribution < -0.4 is 5.48 Å². The number of methoxy groups -OCH3 is 1. The molecule has 0 saturated heterocycles. The van der Waals surface area contributed by atoms with Gasteiger partial charge in [-0.05, 0) is 19.1 Å². The van der Waals surface area contributed by atoms with Crippen LogP contribution in [0.25, 0.3) is 0 Å². The third-order valence-electron chi connectivity index (χ3n) is 1.80. The molecule has 0 radical (unpaired) electrons. The molecule has 1 atom stereocenters. The second-order valence-electron chi connectivity index (χ2n) is 2.90. The molecule has 0 aliphatic rings. The van der Waals surface area contributed by atoms with Gasteiger partial charge in [-0.25, -0.2) is 0 Å². The summed E-state index contributed by atoms with van der Waals surface area (Å²) in [7, 11) is 1.59. The fourth-order valence-corrected chi connectivity index (χ4v) is 1.07. The van der Waals surface area contributed by atoms with Crippen LogP contribution in [-0.2, 0) is 14.3 Å². The van der Waals surface area contributed by atoms with Gasteiger partial charge in [-0.2, -0.15) is 0 Å². The number of hydrogen-bond donors (Lipinski definition) is 1. The maximum Gasteiger partial charge on any atom is 0.183 e. The summed E-state index contributed by atoms with van der Waals surface area (Å²) in [5.41, 5.74) is 3.71. The van der Waals surface area contributed by atoms with Crippen LogP contribution in [0.1, 0.15) is 6.92 Å². The lowest BCUT2D eigenvalue weighted by atomic mass is 10.3. The molecular weight excluding hydrogens is 194 g/mol. The lowest BCUT2D eigenvalue weighted by Gasteiger charge is -2.15. The van der Waals surface area contributed by atoms with Crippen LogP contribution in [-0.4, -0.2) is 26.6 Å². The van der Waals surface area contributed by atoms with Gasteiger partial charge in [0.05, 0.1) is 5.69 Å². The Balaban J connectivity index is 2.20. The molecule has 1 aromatic rings. The van der Waals surface area contributed by atoms with E-state index < -0.39 is 0 Å². The van der Waals surface area contributed by atoms with E-state index in [1.54, 1.807) is 7.11 Å². The van der Waals surface area contributed by atoms with Crippen LogP contribution in [0.5, 0.6) is 0 Å². The molecule has 15 heavy (non-hydrogen) atoms. The molecule has 1 rings (SSSR count). The summed E-state index contributed by atoms with van der Waals surface area (Å²) in [6, 6.07) is 9.65. The maximum atomic E-state index is 5.24. The minimum absolute atomic E-state index is 0.328. The zero-order valence-electron chi connectivity index (χ0n) is 9.10. The molecular formula is C11H17NO3. The third kappa shape index (κ3) is 4.78. The monoisotopic (exact) mass is 211 g/mol. The quantitative estimate of drug-likeness (QED) is 0.553. The Labute approximate surface area is 90.1 Å². The average molecular weight is 211 g/mol. The summed E-state index contributed by atoms with van der Waals surface area (Å²) in [5, 5.41) is 0. The highest BCUT2D eigenvalue weighted by Crippen LogP contribution is 2.05. The molecule has 1 unspecified atom stereocenters. The number of rotatable bonds is 7. The van der Waals surface area contributed by atoms with E-state index in [0.29, 0.717) is 13.2 Å². The van der Waals surface area contributed by atoms with Crippen LogP contribution in [0.15, 0.2) is 30.3 Å². The van der Waals surface area contributed by atoms with Crippen LogP contribution in [0, 0.1) is 0 Å². The van der Waals surface area contributed by atoms with Gasteiger partial charge < -0.3 is 9.47 Å². The molecule has 0 aliphatic carbocycles. The number of ether oxygens (including phenoxy) is 2. The van der Waals surface area contributed by atoms with Crippen LogP contribution >= 0.6 is 0 Å². The fourth-order valence-electron chi connectivity index (χ4n) is 1.07. The van der Waals surface area contributed by atoms with Crippen LogP contribution in [0.3, 0.4) is 0 Å². The van der Waals surface area contributed by atoms with Crippen molar-refractivity contribution >= 4 is 5.69 Å². The molecule has 0 aromatic heterocycles. The number of para-hydroxylation sites is 1. The second-order valence-corrected chi connectivity index (χ2v) is 2.90. The normalized spacial score (nSPS) is 12.4. The van der Waals surface area contributed by atoms with Crippen molar-refractivity contribution in [2.75, 3.05) is 25.8 Å². The van der Waals surface area contributed by atoms with Gasteiger partial charge in [-0.1, -0.05) is 18.2 Å². The lowest BCUT2D eigenvalue weighted by molar-refractivity contribution is -0.148. The second kappa shape index (κ2) is 7.23. The largest absolute Gasteiger partial charge is 0.353 e. The third-order valence-corrected chi connectivity index (χ3v) is 1.80. The summed E-state index contributed by atoms with van der Waals surface area (Å²) in [6.07, 6.45) is -0.328. The maximum absolute atomic E-state index is 5.24. The molecule has 1 aromatic carbocycles. The number of nitrogens with one attached hydrogen (secondary N) is 1.